The van der Waals surface area contributed by atoms with Gasteiger partial charge >= 0.3 is 0 Å². The number of sulfonamides is 1. The van der Waals surface area contributed by atoms with Gasteiger partial charge in [-0.25, -0.2) is 8.42 Å². The van der Waals surface area contributed by atoms with Crippen LogP contribution in [0, 0.1) is 0 Å². The number of amides is 1. The first-order valence-electron chi connectivity index (χ1n) is 10.2. The van der Waals surface area contributed by atoms with Gasteiger partial charge in [-0.2, -0.15) is 4.31 Å². The van der Waals surface area contributed by atoms with E-state index in [1.54, 1.807) is 32.0 Å². The van der Waals surface area contributed by atoms with Crippen molar-refractivity contribution in [1.82, 2.24) is 19.4 Å². The maximum Gasteiger partial charge on any atom is 0.277 e. The molecule has 30 heavy (non-hydrogen) atoms. The van der Waals surface area contributed by atoms with Crippen LogP contribution in [0.5, 0.6) is 0 Å². The van der Waals surface area contributed by atoms with Crippen molar-refractivity contribution in [1.29, 1.82) is 0 Å². The van der Waals surface area contributed by atoms with Crippen LogP contribution in [0.1, 0.15) is 40.0 Å². The SMILES string of the molecule is CCN(CC)S(=O)(=O)c1cccc(-c2nnc(SCC(=O)N3CCCC[C@H]3C)o2)c1. The molecule has 1 aromatic carbocycles. The number of hydrogen-bond donors (Lipinski definition) is 0. The molecule has 1 aliphatic rings. The Labute approximate surface area is 182 Å². The topological polar surface area (TPSA) is 96.6 Å². The number of aromatic nitrogens is 2. The highest BCUT2D eigenvalue weighted by Gasteiger charge is 2.25. The third-order valence-electron chi connectivity index (χ3n) is 5.27. The predicted octanol–water partition coefficient (Wildman–Crippen LogP) is 3.26. The first-order valence-corrected chi connectivity index (χ1v) is 12.7. The number of rotatable bonds is 8. The second kappa shape index (κ2) is 9.93. The van der Waals surface area contributed by atoms with Crippen LogP contribution in [-0.2, 0) is 14.8 Å². The summed E-state index contributed by atoms with van der Waals surface area (Å²) in [5.74, 6) is 0.537. The number of hydrogen-bond acceptors (Lipinski definition) is 7. The number of benzene rings is 1. The van der Waals surface area contributed by atoms with E-state index < -0.39 is 10.0 Å². The summed E-state index contributed by atoms with van der Waals surface area (Å²) in [5.41, 5.74) is 0.526. The van der Waals surface area contributed by atoms with Crippen LogP contribution in [0.15, 0.2) is 38.8 Å². The van der Waals surface area contributed by atoms with E-state index in [2.05, 4.69) is 17.1 Å². The number of carbonyl (C=O) groups is 1. The van der Waals surface area contributed by atoms with Crippen molar-refractivity contribution >= 4 is 27.7 Å². The molecule has 164 valence electrons. The fourth-order valence-electron chi connectivity index (χ4n) is 3.56. The molecule has 0 spiro atoms. The Kier molecular flexibility index (Phi) is 7.54. The van der Waals surface area contributed by atoms with E-state index in [9.17, 15) is 13.2 Å². The Bertz CT molecular complexity index is 973. The van der Waals surface area contributed by atoms with Crippen LogP contribution in [0.4, 0.5) is 0 Å². The molecule has 8 nitrogen and oxygen atoms in total. The molecule has 1 atom stereocenters. The summed E-state index contributed by atoms with van der Waals surface area (Å²) < 4.78 is 32.6. The first kappa shape index (κ1) is 22.8. The van der Waals surface area contributed by atoms with Gasteiger partial charge in [0.05, 0.1) is 10.6 Å². The predicted molar refractivity (Wildman–Crippen MR) is 116 cm³/mol. The lowest BCUT2D eigenvalue weighted by Crippen LogP contribution is -2.42. The number of carbonyl (C=O) groups excluding carboxylic acids is 1. The fourth-order valence-corrected chi connectivity index (χ4v) is 5.72. The molecule has 1 fully saturated rings. The minimum atomic E-state index is -3.58. The zero-order valence-corrected chi connectivity index (χ0v) is 19.2. The molecule has 0 bridgehead atoms. The molecule has 0 saturated carbocycles. The third kappa shape index (κ3) is 5.04. The normalized spacial score (nSPS) is 17.5. The Morgan fingerprint density at radius 3 is 2.73 bits per heavy atom. The summed E-state index contributed by atoms with van der Waals surface area (Å²) in [6.45, 7) is 7.27. The monoisotopic (exact) mass is 452 g/mol. The van der Waals surface area contributed by atoms with Crippen molar-refractivity contribution < 1.29 is 17.6 Å². The number of likely N-dealkylation sites (tertiary alicyclic amines) is 1. The maximum atomic E-state index is 12.8. The highest BCUT2D eigenvalue weighted by Crippen LogP contribution is 2.27. The molecular formula is C20H28N4O4S2. The lowest BCUT2D eigenvalue weighted by Gasteiger charge is -2.33. The highest BCUT2D eigenvalue weighted by molar-refractivity contribution is 7.99. The molecule has 0 N–H and O–H groups in total. The third-order valence-corrected chi connectivity index (χ3v) is 8.12. The molecular weight excluding hydrogens is 424 g/mol. The van der Waals surface area contributed by atoms with Gasteiger partial charge < -0.3 is 9.32 Å². The van der Waals surface area contributed by atoms with Gasteiger partial charge in [0.25, 0.3) is 5.22 Å². The smallest absolute Gasteiger partial charge is 0.277 e. The summed E-state index contributed by atoms with van der Waals surface area (Å²) in [6.07, 6.45) is 3.24. The van der Waals surface area contributed by atoms with Gasteiger partial charge in [-0.05, 0) is 44.4 Å². The maximum absolute atomic E-state index is 12.8. The molecule has 1 amide bonds. The van der Waals surface area contributed by atoms with Crippen molar-refractivity contribution in [2.45, 2.75) is 56.2 Å². The molecule has 0 radical (unpaired) electrons. The van der Waals surface area contributed by atoms with Gasteiger partial charge in [0.15, 0.2) is 0 Å². The molecule has 0 aliphatic carbocycles. The van der Waals surface area contributed by atoms with Gasteiger partial charge in [0, 0.05) is 31.2 Å². The van der Waals surface area contributed by atoms with Gasteiger partial charge in [0.1, 0.15) is 0 Å². The van der Waals surface area contributed by atoms with Gasteiger partial charge in [0.2, 0.25) is 21.8 Å². The van der Waals surface area contributed by atoms with Crippen LogP contribution in [0.25, 0.3) is 11.5 Å². The molecule has 2 aromatic rings. The summed E-state index contributed by atoms with van der Waals surface area (Å²) in [5, 5.41) is 8.32. The summed E-state index contributed by atoms with van der Waals surface area (Å²) in [4.78, 5) is 14.6. The minimum Gasteiger partial charge on any atom is -0.411 e. The molecule has 1 aromatic heterocycles. The molecule has 10 heteroatoms. The van der Waals surface area contributed by atoms with E-state index in [0.717, 1.165) is 25.8 Å². The van der Waals surface area contributed by atoms with E-state index in [0.29, 0.717) is 23.9 Å². The second-order valence-corrected chi connectivity index (χ2v) is 10.1. The van der Waals surface area contributed by atoms with Crippen molar-refractivity contribution in [3.05, 3.63) is 24.3 Å². The largest absolute Gasteiger partial charge is 0.411 e. The van der Waals surface area contributed by atoms with Crippen molar-refractivity contribution in [3.63, 3.8) is 0 Å². The summed E-state index contributed by atoms with van der Waals surface area (Å²) >= 11 is 1.20. The molecule has 1 aliphatic heterocycles. The second-order valence-electron chi connectivity index (χ2n) is 7.21. The van der Waals surface area contributed by atoms with Gasteiger partial charge in [-0.3, -0.25) is 4.79 Å². The van der Waals surface area contributed by atoms with E-state index in [1.807, 2.05) is 4.90 Å². The van der Waals surface area contributed by atoms with Crippen LogP contribution in [0.3, 0.4) is 0 Å². The number of piperidine rings is 1. The number of thioether (sulfide) groups is 1. The molecule has 1 saturated heterocycles. The Morgan fingerprint density at radius 2 is 2.03 bits per heavy atom. The Hall–Kier alpha value is -1.91. The lowest BCUT2D eigenvalue weighted by atomic mass is 10.0. The van der Waals surface area contributed by atoms with Crippen molar-refractivity contribution in [2.24, 2.45) is 0 Å². The van der Waals surface area contributed by atoms with Crippen molar-refractivity contribution in [2.75, 3.05) is 25.4 Å². The van der Waals surface area contributed by atoms with Crippen LogP contribution < -0.4 is 0 Å². The van der Waals surface area contributed by atoms with Crippen LogP contribution in [-0.4, -0.2) is 65.2 Å². The van der Waals surface area contributed by atoms with Gasteiger partial charge in [-0.1, -0.05) is 31.7 Å². The van der Waals surface area contributed by atoms with E-state index in [1.165, 1.54) is 22.1 Å². The average Bonchev–Trinajstić information content (AvgIpc) is 3.22. The van der Waals surface area contributed by atoms with Gasteiger partial charge in [-0.15, -0.1) is 10.2 Å². The summed E-state index contributed by atoms with van der Waals surface area (Å²) in [6, 6.07) is 6.74. The van der Waals surface area contributed by atoms with E-state index in [4.69, 9.17) is 4.42 Å². The van der Waals surface area contributed by atoms with E-state index >= 15 is 0 Å². The van der Waals surface area contributed by atoms with Crippen molar-refractivity contribution in [3.8, 4) is 11.5 Å². The van der Waals surface area contributed by atoms with Crippen LogP contribution >= 0.6 is 11.8 Å². The highest BCUT2D eigenvalue weighted by atomic mass is 32.2. The zero-order chi connectivity index (χ0) is 21.7. The fraction of sp³-hybridized carbons (Fsp3) is 0.550. The molecule has 2 heterocycles. The number of nitrogens with zero attached hydrogens (tertiary/aromatic N) is 4. The standard InChI is InChI=1S/C20H28N4O4S2/c1-4-23(5-2)30(26,27)17-11-8-10-16(13-17)19-21-22-20(28-19)29-14-18(25)24-12-7-6-9-15(24)3/h8,10-11,13,15H,4-7,9,12,14H2,1-3H3/t15-/m1/s1. The zero-order valence-electron chi connectivity index (χ0n) is 17.6. The summed E-state index contributed by atoms with van der Waals surface area (Å²) in [7, 11) is -3.58. The average molecular weight is 453 g/mol. The van der Waals surface area contributed by atoms with E-state index in [-0.39, 0.29) is 28.5 Å². The first-order chi connectivity index (χ1) is 14.4. The lowest BCUT2D eigenvalue weighted by molar-refractivity contribution is -0.131. The quantitative estimate of drug-likeness (QED) is 0.567. The minimum absolute atomic E-state index is 0.0688. The van der Waals surface area contributed by atoms with Crippen LogP contribution in [0.2, 0.25) is 0 Å². The molecule has 3 rings (SSSR count). The molecule has 0 unspecified atom stereocenters. The Morgan fingerprint density at radius 1 is 1.27 bits per heavy atom. The Balaban J connectivity index is 1.70.